The van der Waals surface area contributed by atoms with E-state index in [0.717, 1.165) is 11.3 Å². The van der Waals surface area contributed by atoms with Gasteiger partial charge in [-0.2, -0.15) is 0 Å². The molecular weight excluding hydrogens is 304 g/mol. The first-order valence-electron chi connectivity index (χ1n) is 7.31. The summed E-state index contributed by atoms with van der Waals surface area (Å²) in [4.78, 5) is 19.3. The lowest BCUT2D eigenvalue weighted by Crippen LogP contribution is -2.36. The predicted octanol–water partition coefficient (Wildman–Crippen LogP) is 3.31. The summed E-state index contributed by atoms with van der Waals surface area (Å²) in [6, 6.07) is 7.49. The molecule has 5 nitrogen and oxygen atoms in total. The van der Waals surface area contributed by atoms with E-state index >= 15 is 0 Å². The molecule has 6 heteroatoms. The Kier molecular flexibility index (Phi) is 3.77. The van der Waals surface area contributed by atoms with Crippen molar-refractivity contribution in [2.75, 3.05) is 13.1 Å². The first kappa shape index (κ1) is 15.2. The minimum Gasteiger partial charge on any atom is -0.444 e. The van der Waals surface area contributed by atoms with Gasteiger partial charge in [-0.3, -0.25) is 0 Å². The molecule has 0 aliphatic carbocycles. The number of likely N-dealkylation sites (tertiary alicyclic amines) is 1. The molecule has 1 aromatic carbocycles. The Morgan fingerprint density at radius 2 is 2.00 bits per heavy atom. The standard InChI is InChI=1S/C16H19ClN2O3/c1-16(2,3)21-15(20)19-8-12-13(9-19)22-18-14(12)10-4-6-11(17)7-5-10/h4-7,12-13H,8-9H2,1-3H3/t12-,13+/m0/s1. The van der Waals surface area contributed by atoms with Crippen LogP contribution in [0.2, 0.25) is 5.02 Å². The molecule has 1 amide bonds. The van der Waals surface area contributed by atoms with Crippen molar-refractivity contribution < 1.29 is 14.4 Å². The lowest BCUT2D eigenvalue weighted by Gasteiger charge is -2.24. The van der Waals surface area contributed by atoms with Gasteiger partial charge in [-0.25, -0.2) is 4.79 Å². The number of nitrogens with zero attached hydrogens (tertiary/aromatic N) is 2. The van der Waals surface area contributed by atoms with Gasteiger partial charge in [-0.05, 0) is 38.5 Å². The van der Waals surface area contributed by atoms with Crippen molar-refractivity contribution in [3.05, 3.63) is 34.9 Å². The van der Waals surface area contributed by atoms with Crippen molar-refractivity contribution in [2.45, 2.75) is 32.5 Å². The van der Waals surface area contributed by atoms with Gasteiger partial charge >= 0.3 is 6.09 Å². The van der Waals surface area contributed by atoms with E-state index in [1.807, 2.05) is 45.0 Å². The van der Waals surface area contributed by atoms with Crippen LogP contribution in [0, 0.1) is 5.92 Å². The van der Waals surface area contributed by atoms with Gasteiger partial charge in [0.25, 0.3) is 0 Å². The van der Waals surface area contributed by atoms with Crippen molar-refractivity contribution in [2.24, 2.45) is 11.1 Å². The van der Waals surface area contributed by atoms with Crippen LogP contribution in [0.4, 0.5) is 4.79 Å². The summed E-state index contributed by atoms with van der Waals surface area (Å²) in [6.45, 7) is 6.64. The van der Waals surface area contributed by atoms with Crippen molar-refractivity contribution >= 4 is 23.4 Å². The Morgan fingerprint density at radius 1 is 1.32 bits per heavy atom. The molecule has 0 aromatic heterocycles. The lowest BCUT2D eigenvalue weighted by atomic mass is 9.95. The third-order valence-electron chi connectivity index (χ3n) is 3.70. The third kappa shape index (κ3) is 3.04. The van der Waals surface area contributed by atoms with Gasteiger partial charge in [0.05, 0.1) is 18.2 Å². The Labute approximate surface area is 134 Å². The van der Waals surface area contributed by atoms with E-state index in [9.17, 15) is 4.79 Å². The number of carbonyl (C=O) groups is 1. The molecule has 2 aliphatic heterocycles. The zero-order valence-electron chi connectivity index (χ0n) is 12.9. The third-order valence-corrected chi connectivity index (χ3v) is 3.95. The van der Waals surface area contributed by atoms with Crippen molar-refractivity contribution in [1.29, 1.82) is 0 Å². The van der Waals surface area contributed by atoms with Crippen LogP contribution in [0.3, 0.4) is 0 Å². The molecule has 1 aromatic rings. The smallest absolute Gasteiger partial charge is 0.410 e. The number of carbonyl (C=O) groups excluding carboxylic acids is 1. The van der Waals surface area contributed by atoms with Crippen molar-refractivity contribution in [1.82, 2.24) is 4.90 Å². The van der Waals surface area contributed by atoms with Crippen LogP contribution in [-0.2, 0) is 9.57 Å². The zero-order valence-corrected chi connectivity index (χ0v) is 13.6. The SMILES string of the molecule is CC(C)(C)OC(=O)N1C[C@@H]2C(c3ccc(Cl)cc3)=NO[C@@H]2C1. The highest BCUT2D eigenvalue weighted by molar-refractivity contribution is 6.30. The fourth-order valence-corrected chi connectivity index (χ4v) is 2.82. The maximum absolute atomic E-state index is 12.2. The van der Waals surface area contributed by atoms with Crippen LogP contribution in [0.15, 0.2) is 29.4 Å². The molecular formula is C16H19ClN2O3. The number of hydrogen-bond acceptors (Lipinski definition) is 4. The van der Waals surface area contributed by atoms with E-state index in [0.29, 0.717) is 18.1 Å². The summed E-state index contributed by atoms with van der Waals surface area (Å²) in [5.41, 5.74) is 1.35. The summed E-state index contributed by atoms with van der Waals surface area (Å²) >= 11 is 5.92. The largest absolute Gasteiger partial charge is 0.444 e. The second-order valence-corrected chi connectivity index (χ2v) is 7.06. The quantitative estimate of drug-likeness (QED) is 0.797. The van der Waals surface area contributed by atoms with Gasteiger partial charge in [0, 0.05) is 11.6 Å². The summed E-state index contributed by atoms with van der Waals surface area (Å²) in [7, 11) is 0. The Hall–Kier alpha value is -1.75. The van der Waals surface area contributed by atoms with Gasteiger partial charge in [0.1, 0.15) is 5.60 Å². The molecule has 0 N–H and O–H groups in total. The average Bonchev–Trinajstić information content (AvgIpc) is 2.97. The number of fused-ring (bicyclic) bond motifs is 1. The molecule has 0 spiro atoms. The number of halogens is 1. The minimum atomic E-state index is -0.497. The van der Waals surface area contributed by atoms with Crippen LogP contribution >= 0.6 is 11.6 Å². The Bertz CT molecular complexity index is 607. The van der Waals surface area contributed by atoms with Gasteiger partial charge in [0.2, 0.25) is 0 Å². The normalized spacial score (nSPS) is 23.8. The zero-order chi connectivity index (χ0) is 15.9. The van der Waals surface area contributed by atoms with Crippen LogP contribution in [0.25, 0.3) is 0 Å². The topological polar surface area (TPSA) is 51.1 Å². The second kappa shape index (κ2) is 5.47. The average molecular weight is 323 g/mol. The van der Waals surface area contributed by atoms with Crippen LogP contribution in [0.5, 0.6) is 0 Å². The molecule has 0 radical (unpaired) electrons. The van der Waals surface area contributed by atoms with Crippen LogP contribution in [-0.4, -0.2) is 41.5 Å². The highest BCUT2D eigenvalue weighted by Crippen LogP contribution is 2.31. The van der Waals surface area contributed by atoms with E-state index in [4.69, 9.17) is 21.2 Å². The number of rotatable bonds is 1. The van der Waals surface area contributed by atoms with Crippen molar-refractivity contribution in [3.63, 3.8) is 0 Å². The number of hydrogen-bond donors (Lipinski definition) is 0. The van der Waals surface area contributed by atoms with E-state index < -0.39 is 5.60 Å². The highest BCUT2D eigenvalue weighted by atomic mass is 35.5. The van der Waals surface area contributed by atoms with E-state index in [2.05, 4.69) is 5.16 Å². The van der Waals surface area contributed by atoms with Crippen LogP contribution < -0.4 is 0 Å². The molecule has 0 unspecified atom stereocenters. The highest BCUT2D eigenvalue weighted by Gasteiger charge is 2.45. The predicted molar refractivity (Wildman–Crippen MR) is 84.2 cm³/mol. The minimum absolute atomic E-state index is 0.0775. The summed E-state index contributed by atoms with van der Waals surface area (Å²) in [5.74, 6) is 0.0775. The lowest BCUT2D eigenvalue weighted by molar-refractivity contribution is 0.0228. The van der Waals surface area contributed by atoms with E-state index in [-0.39, 0.29) is 18.1 Å². The van der Waals surface area contributed by atoms with E-state index in [1.54, 1.807) is 4.90 Å². The van der Waals surface area contributed by atoms with E-state index in [1.165, 1.54) is 0 Å². The molecule has 2 heterocycles. The van der Waals surface area contributed by atoms with Gasteiger partial charge in [0.15, 0.2) is 6.10 Å². The molecule has 0 bridgehead atoms. The first-order chi connectivity index (χ1) is 10.3. The van der Waals surface area contributed by atoms with Gasteiger partial charge in [-0.15, -0.1) is 0 Å². The summed E-state index contributed by atoms with van der Waals surface area (Å²) in [6.07, 6.45) is -0.404. The molecule has 3 rings (SSSR count). The molecule has 1 fully saturated rings. The first-order valence-corrected chi connectivity index (χ1v) is 7.69. The van der Waals surface area contributed by atoms with Crippen molar-refractivity contribution in [3.8, 4) is 0 Å². The molecule has 118 valence electrons. The Morgan fingerprint density at radius 3 is 2.64 bits per heavy atom. The molecule has 0 saturated carbocycles. The second-order valence-electron chi connectivity index (χ2n) is 6.62. The number of ether oxygens (including phenoxy) is 1. The monoisotopic (exact) mass is 322 g/mol. The Balaban J connectivity index is 1.71. The number of amides is 1. The summed E-state index contributed by atoms with van der Waals surface area (Å²) < 4.78 is 5.42. The molecule has 2 aliphatic rings. The molecule has 2 atom stereocenters. The molecule has 1 saturated heterocycles. The fourth-order valence-electron chi connectivity index (χ4n) is 2.70. The molecule has 22 heavy (non-hydrogen) atoms. The van der Waals surface area contributed by atoms with Gasteiger partial charge in [-0.1, -0.05) is 28.9 Å². The maximum atomic E-state index is 12.2. The summed E-state index contributed by atoms with van der Waals surface area (Å²) in [5, 5.41) is 4.87. The fraction of sp³-hybridized carbons (Fsp3) is 0.500. The van der Waals surface area contributed by atoms with Crippen LogP contribution in [0.1, 0.15) is 26.3 Å². The maximum Gasteiger partial charge on any atom is 0.410 e. The van der Waals surface area contributed by atoms with Gasteiger partial charge < -0.3 is 14.5 Å². The number of benzene rings is 1. The number of oxime groups is 1.